The van der Waals surface area contributed by atoms with Crippen molar-refractivity contribution in [2.75, 3.05) is 6.79 Å². The SMILES string of the molecule is O=C(NCc1ccc2c(c1)OCO2)[C@@H]1C2CCC(CC2)[C@@H]1C(=O)O. The van der Waals surface area contributed by atoms with Gasteiger partial charge in [0, 0.05) is 6.54 Å². The molecule has 6 heteroatoms. The summed E-state index contributed by atoms with van der Waals surface area (Å²) in [4.78, 5) is 24.3. The van der Waals surface area contributed by atoms with Gasteiger partial charge in [-0.3, -0.25) is 9.59 Å². The summed E-state index contributed by atoms with van der Waals surface area (Å²) in [6.07, 6.45) is 3.81. The van der Waals surface area contributed by atoms with E-state index in [2.05, 4.69) is 5.32 Å². The number of carbonyl (C=O) groups is 2. The summed E-state index contributed by atoms with van der Waals surface area (Å²) in [6, 6.07) is 5.56. The Morgan fingerprint density at radius 2 is 1.71 bits per heavy atom. The molecular weight excluding hydrogens is 310 g/mol. The summed E-state index contributed by atoms with van der Waals surface area (Å²) in [5, 5.41) is 12.5. The number of nitrogens with one attached hydrogen (secondary N) is 1. The number of ether oxygens (including phenoxy) is 2. The molecule has 1 aliphatic heterocycles. The van der Waals surface area contributed by atoms with E-state index in [9.17, 15) is 14.7 Å². The topological polar surface area (TPSA) is 84.9 Å². The lowest BCUT2D eigenvalue weighted by molar-refractivity contribution is -0.158. The third kappa shape index (κ3) is 2.60. The molecule has 0 radical (unpaired) electrons. The standard InChI is InChI=1S/C18H21NO5/c20-17(15-11-2-4-12(5-3-11)16(15)18(21)22)19-8-10-1-6-13-14(7-10)24-9-23-13/h1,6-7,11-12,15-16H,2-5,8-9H2,(H,19,20)(H,21,22)/t11?,12?,15-,16+/m1/s1. The van der Waals surface area contributed by atoms with Gasteiger partial charge in [-0.15, -0.1) is 0 Å². The van der Waals surface area contributed by atoms with Crippen LogP contribution in [0.5, 0.6) is 11.5 Å². The molecule has 3 aliphatic carbocycles. The van der Waals surface area contributed by atoms with E-state index in [0.717, 1.165) is 31.2 Å². The first-order valence-electron chi connectivity index (χ1n) is 8.52. The minimum Gasteiger partial charge on any atom is -0.481 e. The second-order valence-electron chi connectivity index (χ2n) is 6.97. The normalized spacial score (nSPS) is 30.2. The van der Waals surface area contributed by atoms with Crippen molar-refractivity contribution in [1.29, 1.82) is 0 Å². The average molecular weight is 331 g/mol. The molecule has 2 bridgehead atoms. The van der Waals surface area contributed by atoms with Crippen molar-refractivity contribution in [3.8, 4) is 11.5 Å². The molecule has 6 nitrogen and oxygen atoms in total. The molecule has 3 saturated carbocycles. The first-order chi connectivity index (χ1) is 11.6. The maximum absolute atomic E-state index is 12.7. The highest BCUT2D eigenvalue weighted by molar-refractivity contribution is 5.85. The van der Waals surface area contributed by atoms with Crippen molar-refractivity contribution < 1.29 is 24.2 Å². The number of carboxylic acids is 1. The number of amides is 1. The molecule has 1 aromatic carbocycles. The highest BCUT2D eigenvalue weighted by Gasteiger charge is 2.50. The second kappa shape index (κ2) is 6.00. The van der Waals surface area contributed by atoms with Crippen molar-refractivity contribution in [1.82, 2.24) is 5.32 Å². The summed E-state index contributed by atoms with van der Waals surface area (Å²) < 4.78 is 10.6. The molecule has 0 unspecified atom stereocenters. The van der Waals surface area contributed by atoms with Crippen LogP contribution in [-0.2, 0) is 16.1 Å². The molecule has 1 amide bonds. The van der Waals surface area contributed by atoms with Crippen LogP contribution in [0.2, 0.25) is 0 Å². The average Bonchev–Trinajstić information content (AvgIpc) is 3.07. The van der Waals surface area contributed by atoms with Crippen LogP contribution in [-0.4, -0.2) is 23.8 Å². The van der Waals surface area contributed by atoms with E-state index in [1.54, 1.807) is 0 Å². The van der Waals surface area contributed by atoms with Gasteiger partial charge in [-0.2, -0.15) is 0 Å². The molecule has 128 valence electrons. The molecule has 4 aliphatic rings. The number of benzene rings is 1. The van der Waals surface area contributed by atoms with E-state index in [-0.39, 0.29) is 24.5 Å². The third-order valence-corrected chi connectivity index (χ3v) is 5.71. The maximum atomic E-state index is 12.7. The van der Waals surface area contributed by atoms with Crippen LogP contribution in [0.4, 0.5) is 0 Å². The quantitative estimate of drug-likeness (QED) is 0.883. The van der Waals surface area contributed by atoms with Crippen molar-refractivity contribution in [3.63, 3.8) is 0 Å². The largest absolute Gasteiger partial charge is 0.481 e. The lowest BCUT2D eigenvalue weighted by Gasteiger charge is -2.45. The molecule has 0 aromatic heterocycles. The highest BCUT2D eigenvalue weighted by atomic mass is 16.7. The van der Waals surface area contributed by atoms with Gasteiger partial charge in [0.15, 0.2) is 11.5 Å². The fraction of sp³-hybridized carbons (Fsp3) is 0.556. The number of hydrogen-bond donors (Lipinski definition) is 2. The van der Waals surface area contributed by atoms with Crippen LogP contribution in [0.25, 0.3) is 0 Å². The van der Waals surface area contributed by atoms with Crippen molar-refractivity contribution >= 4 is 11.9 Å². The predicted octanol–water partition coefficient (Wildman–Crippen LogP) is 2.17. The fourth-order valence-electron chi connectivity index (χ4n) is 4.54. The van der Waals surface area contributed by atoms with Crippen LogP contribution < -0.4 is 14.8 Å². The minimum absolute atomic E-state index is 0.130. The number of fused-ring (bicyclic) bond motifs is 4. The van der Waals surface area contributed by atoms with Gasteiger partial charge in [-0.25, -0.2) is 0 Å². The molecule has 2 N–H and O–H groups in total. The predicted molar refractivity (Wildman–Crippen MR) is 84.5 cm³/mol. The van der Waals surface area contributed by atoms with Gasteiger partial charge in [0.1, 0.15) is 0 Å². The van der Waals surface area contributed by atoms with E-state index < -0.39 is 17.8 Å². The Kier molecular flexibility index (Phi) is 3.82. The molecule has 24 heavy (non-hydrogen) atoms. The zero-order valence-electron chi connectivity index (χ0n) is 13.4. The van der Waals surface area contributed by atoms with Crippen molar-refractivity contribution in [2.24, 2.45) is 23.7 Å². The number of hydrogen-bond acceptors (Lipinski definition) is 4. The highest BCUT2D eigenvalue weighted by Crippen LogP contribution is 2.49. The molecule has 0 spiro atoms. The van der Waals surface area contributed by atoms with Gasteiger partial charge in [0.2, 0.25) is 12.7 Å². The van der Waals surface area contributed by atoms with E-state index in [1.165, 1.54) is 0 Å². The number of carboxylic acid groups (broad SMARTS) is 1. The van der Waals surface area contributed by atoms with E-state index in [1.807, 2.05) is 18.2 Å². The van der Waals surface area contributed by atoms with Crippen LogP contribution in [0.3, 0.4) is 0 Å². The van der Waals surface area contributed by atoms with Gasteiger partial charge in [0.25, 0.3) is 0 Å². The van der Waals surface area contributed by atoms with Gasteiger partial charge in [-0.05, 0) is 55.2 Å². The van der Waals surface area contributed by atoms with Crippen LogP contribution >= 0.6 is 0 Å². The lowest BCUT2D eigenvalue weighted by Crippen LogP contribution is -2.50. The van der Waals surface area contributed by atoms with E-state index in [0.29, 0.717) is 18.0 Å². The molecule has 0 saturated heterocycles. The summed E-state index contributed by atoms with van der Waals surface area (Å²) >= 11 is 0. The first kappa shape index (κ1) is 15.3. The summed E-state index contributed by atoms with van der Waals surface area (Å²) in [6.45, 7) is 0.590. The Morgan fingerprint density at radius 1 is 1.04 bits per heavy atom. The smallest absolute Gasteiger partial charge is 0.307 e. The van der Waals surface area contributed by atoms with E-state index >= 15 is 0 Å². The Labute approximate surface area is 140 Å². The van der Waals surface area contributed by atoms with Crippen LogP contribution in [0, 0.1) is 23.7 Å². The van der Waals surface area contributed by atoms with Crippen molar-refractivity contribution in [3.05, 3.63) is 23.8 Å². The Morgan fingerprint density at radius 3 is 2.42 bits per heavy atom. The lowest BCUT2D eigenvalue weighted by atomic mass is 9.58. The molecular formula is C18H21NO5. The van der Waals surface area contributed by atoms with Gasteiger partial charge >= 0.3 is 5.97 Å². The number of rotatable bonds is 4. The maximum Gasteiger partial charge on any atom is 0.307 e. The molecule has 5 rings (SSSR count). The Bertz CT molecular complexity index is 665. The van der Waals surface area contributed by atoms with Crippen molar-refractivity contribution in [2.45, 2.75) is 32.2 Å². The number of aliphatic carboxylic acids is 1. The second-order valence-corrected chi connectivity index (χ2v) is 6.97. The molecule has 1 heterocycles. The first-order valence-corrected chi connectivity index (χ1v) is 8.52. The Balaban J connectivity index is 1.44. The third-order valence-electron chi connectivity index (χ3n) is 5.71. The van der Waals surface area contributed by atoms with E-state index in [4.69, 9.17) is 9.47 Å². The minimum atomic E-state index is -0.826. The summed E-state index contributed by atoms with van der Waals surface area (Å²) in [5.74, 6) is -0.149. The number of carbonyl (C=O) groups excluding carboxylic acids is 1. The summed E-state index contributed by atoms with van der Waals surface area (Å²) in [5.41, 5.74) is 0.917. The summed E-state index contributed by atoms with van der Waals surface area (Å²) in [7, 11) is 0. The fourth-order valence-corrected chi connectivity index (χ4v) is 4.54. The Hall–Kier alpha value is -2.24. The molecule has 2 atom stereocenters. The zero-order valence-corrected chi connectivity index (χ0v) is 13.4. The van der Waals surface area contributed by atoms with Gasteiger partial charge in [-0.1, -0.05) is 6.07 Å². The van der Waals surface area contributed by atoms with Gasteiger partial charge in [0.05, 0.1) is 11.8 Å². The zero-order chi connectivity index (χ0) is 16.7. The van der Waals surface area contributed by atoms with Crippen LogP contribution in [0.1, 0.15) is 31.2 Å². The molecule has 3 fully saturated rings. The monoisotopic (exact) mass is 331 g/mol. The van der Waals surface area contributed by atoms with Crippen LogP contribution in [0.15, 0.2) is 18.2 Å². The van der Waals surface area contributed by atoms with Gasteiger partial charge < -0.3 is 19.9 Å². The molecule has 1 aromatic rings.